The first-order valence-corrected chi connectivity index (χ1v) is 6.39. The van der Waals surface area contributed by atoms with E-state index in [4.69, 9.17) is 0 Å². The van der Waals surface area contributed by atoms with Crippen LogP contribution in [0.25, 0.3) is 0 Å². The molecule has 0 spiro atoms. The van der Waals surface area contributed by atoms with Gasteiger partial charge in [0.25, 0.3) is 5.91 Å². The lowest BCUT2D eigenvalue weighted by molar-refractivity contribution is -0.142. The molecule has 1 amide bonds. The Morgan fingerprint density at radius 3 is 2.63 bits per heavy atom. The van der Waals surface area contributed by atoms with Gasteiger partial charge in [-0.15, -0.1) is 0 Å². The Morgan fingerprint density at radius 2 is 2.00 bits per heavy atom. The lowest BCUT2D eigenvalue weighted by Crippen LogP contribution is -2.43. The summed E-state index contributed by atoms with van der Waals surface area (Å²) in [5.74, 6) is -1.89. The number of nitrogens with one attached hydrogen (secondary N) is 3. The summed E-state index contributed by atoms with van der Waals surface area (Å²) in [5, 5.41) is 11.9. The molecule has 2 rings (SSSR count). The Labute approximate surface area is 109 Å². The van der Waals surface area contributed by atoms with Crippen molar-refractivity contribution in [3.05, 3.63) is 22.4 Å². The van der Waals surface area contributed by atoms with Crippen LogP contribution in [0.5, 0.6) is 0 Å². The van der Waals surface area contributed by atoms with E-state index in [-0.39, 0.29) is 11.7 Å². The zero-order valence-electron chi connectivity index (χ0n) is 10.4. The third-order valence-corrected chi connectivity index (χ3v) is 3.49. The number of carbonyl (C=O) groups is 2. The van der Waals surface area contributed by atoms with E-state index < -0.39 is 23.5 Å². The summed E-state index contributed by atoms with van der Waals surface area (Å²) < 4.78 is 0. The largest absolute Gasteiger partial charge is 0.481 e. The predicted octanol–water partition coefficient (Wildman–Crippen LogP) is 0.466. The minimum atomic E-state index is -0.880. The molecule has 1 aromatic heterocycles. The number of carbonyl (C=O) groups excluding carboxylic acids is 1. The number of carboxylic acid groups (broad SMARTS) is 1. The number of hydrogen-bond donors (Lipinski definition) is 4. The fraction of sp³-hybridized carbons (Fsp3) is 0.583. The van der Waals surface area contributed by atoms with Crippen molar-refractivity contribution in [2.45, 2.75) is 38.1 Å². The highest BCUT2D eigenvalue weighted by Gasteiger charge is 2.30. The maximum Gasteiger partial charge on any atom is 0.323 e. The third-order valence-electron chi connectivity index (χ3n) is 3.49. The van der Waals surface area contributed by atoms with Crippen molar-refractivity contribution in [3.8, 4) is 0 Å². The summed E-state index contributed by atoms with van der Waals surface area (Å²) in [7, 11) is 0. The van der Waals surface area contributed by atoms with Gasteiger partial charge in [0.1, 0.15) is 5.69 Å². The number of rotatable bonds is 3. The van der Waals surface area contributed by atoms with Gasteiger partial charge in [-0.2, -0.15) is 0 Å². The number of amides is 1. The number of hydrogen-bond acceptors (Lipinski definition) is 3. The van der Waals surface area contributed by atoms with Crippen LogP contribution in [0.4, 0.5) is 0 Å². The molecule has 0 bridgehead atoms. The van der Waals surface area contributed by atoms with Crippen LogP contribution in [0.15, 0.2) is 11.0 Å². The molecule has 0 radical (unpaired) electrons. The van der Waals surface area contributed by atoms with Gasteiger partial charge in [0.15, 0.2) is 0 Å². The second kappa shape index (κ2) is 5.73. The molecule has 1 aliphatic carbocycles. The van der Waals surface area contributed by atoms with Crippen molar-refractivity contribution in [1.29, 1.82) is 0 Å². The molecule has 0 aliphatic heterocycles. The minimum Gasteiger partial charge on any atom is -0.481 e. The molecule has 4 N–H and O–H groups in total. The highest BCUT2D eigenvalue weighted by Crippen LogP contribution is 2.24. The van der Waals surface area contributed by atoms with E-state index in [2.05, 4.69) is 15.3 Å². The summed E-state index contributed by atoms with van der Waals surface area (Å²) in [4.78, 5) is 38.8. The van der Waals surface area contributed by atoms with Crippen molar-refractivity contribution in [2.24, 2.45) is 5.92 Å². The summed E-state index contributed by atoms with van der Waals surface area (Å²) in [6.07, 6.45) is 5.26. The lowest BCUT2D eigenvalue weighted by Gasteiger charge is -2.22. The van der Waals surface area contributed by atoms with Gasteiger partial charge in [-0.1, -0.05) is 19.3 Å². The first-order valence-electron chi connectivity index (χ1n) is 6.39. The molecule has 7 nitrogen and oxygen atoms in total. The second-order valence-electron chi connectivity index (χ2n) is 4.82. The Kier molecular flexibility index (Phi) is 4.03. The SMILES string of the molecule is O=C(NC1CCCCCC1C(=O)O)c1c[nH]c(=O)[nH]1. The van der Waals surface area contributed by atoms with Crippen molar-refractivity contribution in [1.82, 2.24) is 15.3 Å². The van der Waals surface area contributed by atoms with Gasteiger partial charge in [-0.05, 0) is 12.8 Å². The van der Waals surface area contributed by atoms with Gasteiger partial charge in [-0.3, -0.25) is 9.59 Å². The molecular weight excluding hydrogens is 250 g/mol. The highest BCUT2D eigenvalue weighted by atomic mass is 16.4. The van der Waals surface area contributed by atoms with Gasteiger partial charge in [-0.25, -0.2) is 4.79 Å². The van der Waals surface area contributed by atoms with E-state index in [0.717, 1.165) is 19.3 Å². The molecule has 7 heteroatoms. The van der Waals surface area contributed by atoms with Gasteiger partial charge < -0.3 is 20.4 Å². The molecule has 1 fully saturated rings. The number of aromatic amines is 2. The Balaban J connectivity index is 2.08. The smallest absolute Gasteiger partial charge is 0.323 e. The van der Waals surface area contributed by atoms with E-state index in [1.807, 2.05) is 0 Å². The number of H-pyrrole nitrogens is 2. The number of aliphatic carboxylic acids is 1. The summed E-state index contributed by atoms with van der Waals surface area (Å²) >= 11 is 0. The van der Waals surface area contributed by atoms with Gasteiger partial charge in [0.05, 0.1) is 5.92 Å². The predicted molar refractivity (Wildman–Crippen MR) is 66.9 cm³/mol. The quantitative estimate of drug-likeness (QED) is 0.596. The second-order valence-corrected chi connectivity index (χ2v) is 4.82. The molecule has 1 aromatic rings. The summed E-state index contributed by atoms with van der Waals surface area (Å²) in [6.45, 7) is 0. The van der Waals surface area contributed by atoms with E-state index in [0.29, 0.717) is 12.8 Å². The normalized spacial score (nSPS) is 23.6. The zero-order chi connectivity index (χ0) is 13.8. The molecule has 0 aromatic carbocycles. The summed E-state index contributed by atoms with van der Waals surface area (Å²) in [5.41, 5.74) is -0.334. The van der Waals surface area contributed by atoms with Gasteiger partial charge in [0.2, 0.25) is 0 Å². The van der Waals surface area contributed by atoms with E-state index >= 15 is 0 Å². The van der Waals surface area contributed by atoms with Crippen molar-refractivity contribution >= 4 is 11.9 Å². The molecule has 0 saturated heterocycles. The lowest BCUT2D eigenvalue weighted by atomic mass is 9.95. The number of aromatic nitrogens is 2. The van der Waals surface area contributed by atoms with E-state index in [9.17, 15) is 19.5 Å². The maximum atomic E-state index is 11.9. The molecular formula is C12H17N3O4. The highest BCUT2D eigenvalue weighted by molar-refractivity contribution is 5.92. The van der Waals surface area contributed by atoms with E-state index in [1.54, 1.807) is 0 Å². The average molecular weight is 267 g/mol. The van der Waals surface area contributed by atoms with Crippen LogP contribution >= 0.6 is 0 Å². The fourth-order valence-electron chi connectivity index (χ4n) is 2.48. The van der Waals surface area contributed by atoms with Gasteiger partial charge >= 0.3 is 11.7 Å². The van der Waals surface area contributed by atoms with Crippen LogP contribution in [-0.4, -0.2) is 33.0 Å². The van der Waals surface area contributed by atoms with Crippen LogP contribution in [-0.2, 0) is 4.79 Å². The summed E-state index contributed by atoms with van der Waals surface area (Å²) in [6, 6.07) is -0.383. The third kappa shape index (κ3) is 3.24. The van der Waals surface area contributed by atoms with Crippen LogP contribution in [0.2, 0.25) is 0 Å². The number of carboxylic acids is 1. The van der Waals surface area contributed by atoms with Gasteiger partial charge in [0, 0.05) is 12.2 Å². The Hall–Kier alpha value is -2.05. The first-order chi connectivity index (χ1) is 9.08. The first kappa shape index (κ1) is 13.4. The van der Waals surface area contributed by atoms with Crippen molar-refractivity contribution in [2.75, 3.05) is 0 Å². The number of imidazole rings is 1. The van der Waals surface area contributed by atoms with Crippen LogP contribution in [0, 0.1) is 5.92 Å². The average Bonchev–Trinajstić information content (AvgIpc) is 2.65. The topological polar surface area (TPSA) is 115 Å². The molecule has 1 saturated carbocycles. The minimum absolute atomic E-state index is 0.124. The van der Waals surface area contributed by atoms with Crippen LogP contribution < -0.4 is 11.0 Å². The van der Waals surface area contributed by atoms with Crippen LogP contribution in [0.1, 0.15) is 42.6 Å². The van der Waals surface area contributed by atoms with Crippen molar-refractivity contribution < 1.29 is 14.7 Å². The molecule has 1 heterocycles. The molecule has 104 valence electrons. The molecule has 2 unspecified atom stereocenters. The van der Waals surface area contributed by atoms with E-state index in [1.165, 1.54) is 6.20 Å². The molecule has 19 heavy (non-hydrogen) atoms. The van der Waals surface area contributed by atoms with Crippen molar-refractivity contribution in [3.63, 3.8) is 0 Å². The van der Waals surface area contributed by atoms with Crippen LogP contribution in [0.3, 0.4) is 0 Å². The molecule has 2 atom stereocenters. The monoisotopic (exact) mass is 267 g/mol. The fourth-order valence-corrected chi connectivity index (χ4v) is 2.48. The Morgan fingerprint density at radius 1 is 1.26 bits per heavy atom. The Bertz CT molecular complexity index is 519. The molecule has 1 aliphatic rings. The standard InChI is InChI=1S/C12H17N3O4/c16-10(9-6-13-12(19)15-9)14-8-5-3-1-2-4-7(8)11(17)18/h6-8H,1-5H2,(H,14,16)(H,17,18)(H2,13,15,19). The zero-order valence-corrected chi connectivity index (χ0v) is 10.4. The maximum absolute atomic E-state index is 11.9.